The number of nitrogens with zero attached hydrogens (tertiary/aromatic N) is 1. The molecule has 15 heavy (non-hydrogen) atoms. The van der Waals surface area contributed by atoms with Crippen molar-refractivity contribution < 1.29 is 9.59 Å². The van der Waals surface area contributed by atoms with E-state index in [1.165, 1.54) is 0 Å². The molecule has 0 saturated carbocycles. The number of piperidine rings is 1. The smallest absolute Gasteiger partial charge is 0.221 e. The normalized spacial score (nSPS) is 22.3. The van der Waals surface area contributed by atoms with Crippen LogP contribution in [-0.4, -0.2) is 42.8 Å². The van der Waals surface area contributed by atoms with Gasteiger partial charge in [0, 0.05) is 19.5 Å². The molecular weight excluding hydrogens is 192 g/mol. The average Bonchev–Trinajstić information content (AvgIpc) is 2.27. The van der Waals surface area contributed by atoms with Crippen LogP contribution in [0.2, 0.25) is 0 Å². The minimum absolute atomic E-state index is 0.0353. The summed E-state index contributed by atoms with van der Waals surface area (Å²) in [6.07, 6.45) is 4.72. The van der Waals surface area contributed by atoms with E-state index in [1.54, 1.807) is 0 Å². The molecule has 1 saturated heterocycles. The van der Waals surface area contributed by atoms with Gasteiger partial charge in [0.15, 0.2) is 0 Å². The van der Waals surface area contributed by atoms with Gasteiger partial charge in [0.05, 0.1) is 6.04 Å². The largest absolute Gasteiger partial charge is 0.356 e. The number of hydrogen-bond acceptors (Lipinski definition) is 3. The number of aldehydes is 1. The number of carbonyl (C=O) groups is 2. The number of nitrogens with one attached hydrogen (secondary N) is 1. The second-order valence-electron chi connectivity index (χ2n) is 3.94. The Morgan fingerprint density at radius 2 is 2.33 bits per heavy atom. The molecular formula is C11H20N2O2. The molecule has 1 unspecified atom stereocenters. The number of likely N-dealkylation sites (tertiary alicyclic amines) is 1. The van der Waals surface area contributed by atoms with Gasteiger partial charge in [0.1, 0.15) is 6.29 Å². The van der Waals surface area contributed by atoms with Gasteiger partial charge >= 0.3 is 0 Å². The summed E-state index contributed by atoms with van der Waals surface area (Å²) in [6, 6.07) is 0.0353. The maximum Gasteiger partial charge on any atom is 0.221 e. The highest BCUT2D eigenvalue weighted by molar-refractivity contribution is 5.76. The number of hydrogen-bond donors (Lipinski definition) is 1. The van der Waals surface area contributed by atoms with E-state index in [4.69, 9.17) is 0 Å². The summed E-state index contributed by atoms with van der Waals surface area (Å²) in [4.78, 5) is 24.2. The second kappa shape index (κ2) is 6.56. The van der Waals surface area contributed by atoms with E-state index in [2.05, 4.69) is 10.2 Å². The predicted molar refractivity (Wildman–Crippen MR) is 58.6 cm³/mol. The predicted octanol–water partition coefficient (Wildman–Crippen LogP) is 0.566. The zero-order valence-corrected chi connectivity index (χ0v) is 9.37. The Morgan fingerprint density at radius 1 is 1.53 bits per heavy atom. The summed E-state index contributed by atoms with van der Waals surface area (Å²) < 4.78 is 0. The lowest BCUT2D eigenvalue weighted by Crippen LogP contribution is -2.42. The SMILES string of the molecule is CCNC(=O)CCN1CCCCC1C=O. The Balaban J connectivity index is 2.29. The van der Waals surface area contributed by atoms with E-state index in [9.17, 15) is 9.59 Å². The quantitative estimate of drug-likeness (QED) is 0.678. The van der Waals surface area contributed by atoms with Crippen molar-refractivity contribution in [1.29, 1.82) is 0 Å². The van der Waals surface area contributed by atoms with Gasteiger partial charge in [-0.15, -0.1) is 0 Å². The molecule has 1 amide bonds. The van der Waals surface area contributed by atoms with E-state index < -0.39 is 0 Å². The van der Waals surface area contributed by atoms with Crippen LogP contribution in [0.3, 0.4) is 0 Å². The Labute approximate surface area is 91.0 Å². The maximum absolute atomic E-state index is 11.3. The molecule has 1 fully saturated rings. The summed E-state index contributed by atoms with van der Waals surface area (Å²) in [5.74, 6) is 0.0766. The van der Waals surface area contributed by atoms with Crippen molar-refractivity contribution in [3.8, 4) is 0 Å². The van der Waals surface area contributed by atoms with Crippen LogP contribution in [0.4, 0.5) is 0 Å². The number of rotatable bonds is 5. The molecule has 0 aromatic carbocycles. The van der Waals surface area contributed by atoms with E-state index in [-0.39, 0.29) is 11.9 Å². The standard InChI is InChI=1S/C11H20N2O2/c1-2-12-11(15)6-8-13-7-4-3-5-10(13)9-14/h9-10H,2-8H2,1H3,(H,12,15). The molecule has 4 nitrogen and oxygen atoms in total. The van der Waals surface area contributed by atoms with Gasteiger partial charge in [0.2, 0.25) is 5.91 Å². The molecule has 86 valence electrons. The van der Waals surface area contributed by atoms with E-state index in [1.807, 2.05) is 6.92 Å². The Morgan fingerprint density at radius 3 is 3.00 bits per heavy atom. The van der Waals surface area contributed by atoms with Gasteiger partial charge in [-0.05, 0) is 26.3 Å². The fourth-order valence-electron chi connectivity index (χ4n) is 1.98. The summed E-state index contributed by atoms with van der Waals surface area (Å²) in [5.41, 5.74) is 0. The highest BCUT2D eigenvalue weighted by Crippen LogP contribution is 2.15. The fraction of sp³-hybridized carbons (Fsp3) is 0.818. The monoisotopic (exact) mass is 212 g/mol. The Bertz CT molecular complexity index is 219. The molecule has 0 radical (unpaired) electrons. The summed E-state index contributed by atoms with van der Waals surface area (Å²) in [7, 11) is 0. The first-order chi connectivity index (χ1) is 7.27. The van der Waals surface area contributed by atoms with Crippen LogP contribution in [-0.2, 0) is 9.59 Å². The summed E-state index contributed by atoms with van der Waals surface area (Å²) in [5, 5.41) is 2.76. The number of carbonyl (C=O) groups excluding carboxylic acids is 2. The van der Waals surface area contributed by atoms with Crippen molar-refractivity contribution in [2.24, 2.45) is 0 Å². The molecule has 1 aliphatic heterocycles. The molecule has 0 aromatic rings. The third-order valence-corrected chi connectivity index (χ3v) is 2.82. The number of amides is 1. The lowest BCUT2D eigenvalue weighted by atomic mass is 10.0. The highest BCUT2D eigenvalue weighted by Gasteiger charge is 2.21. The van der Waals surface area contributed by atoms with E-state index in [0.29, 0.717) is 19.5 Å². The molecule has 0 bridgehead atoms. The van der Waals surface area contributed by atoms with Crippen molar-refractivity contribution in [3.05, 3.63) is 0 Å². The van der Waals surface area contributed by atoms with Crippen LogP contribution in [0.1, 0.15) is 32.6 Å². The van der Waals surface area contributed by atoms with Crippen LogP contribution in [0.25, 0.3) is 0 Å². The molecule has 1 N–H and O–H groups in total. The minimum Gasteiger partial charge on any atom is -0.356 e. The fourth-order valence-corrected chi connectivity index (χ4v) is 1.98. The van der Waals surface area contributed by atoms with Gasteiger partial charge in [-0.25, -0.2) is 0 Å². The highest BCUT2D eigenvalue weighted by atomic mass is 16.1. The van der Waals surface area contributed by atoms with Crippen molar-refractivity contribution in [1.82, 2.24) is 10.2 Å². The Hall–Kier alpha value is -0.900. The first-order valence-corrected chi connectivity index (χ1v) is 5.74. The minimum atomic E-state index is 0.0353. The zero-order chi connectivity index (χ0) is 11.1. The van der Waals surface area contributed by atoms with Crippen molar-refractivity contribution >= 4 is 12.2 Å². The van der Waals surface area contributed by atoms with Crippen LogP contribution in [0.15, 0.2) is 0 Å². The van der Waals surface area contributed by atoms with E-state index in [0.717, 1.165) is 32.1 Å². The molecule has 0 aromatic heterocycles. The van der Waals surface area contributed by atoms with Crippen molar-refractivity contribution in [2.75, 3.05) is 19.6 Å². The lowest BCUT2D eigenvalue weighted by Gasteiger charge is -2.31. The van der Waals surface area contributed by atoms with Gasteiger partial charge in [0.25, 0.3) is 0 Å². The average molecular weight is 212 g/mol. The molecule has 4 heteroatoms. The Kier molecular flexibility index (Phi) is 5.32. The topological polar surface area (TPSA) is 49.4 Å². The molecule has 1 atom stereocenters. The third-order valence-electron chi connectivity index (χ3n) is 2.82. The zero-order valence-electron chi connectivity index (χ0n) is 9.37. The first-order valence-electron chi connectivity index (χ1n) is 5.74. The van der Waals surface area contributed by atoms with Gasteiger partial charge in [-0.1, -0.05) is 6.42 Å². The summed E-state index contributed by atoms with van der Waals surface area (Å²) in [6.45, 7) is 4.24. The molecule has 0 spiro atoms. The maximum atomic E-state index is 11.3. The van der Waals surface area contributed by atoms with Crippen LogP contribution >= 0.6 is 0 Å². The van der Waals surface area contributed by atoms with Gasteiger partial charge in [-0.2, -0.15) is 0 Å². The molecule has 1 heterocycles. The van der Waals surface area contributed by atoms with Gasteiger partial charge < -0.3 is 10.1 Å². The van der Waals surface area contributed by atoms with Crippen LogP contribution in [0.5, 0.6) is 0 Å². The van der Waals surface area contributed by atoms with Crippen LogP contribution < -0.4 is 5.32 Å². The van der Waals surface area contributed by atoms with E-state index >= 15 is 0 Å². The van der Waals surface area contributed by atoms with Crippen molar-refractivity contribution in [2.45, 2.75) is 38.6 Å². The van der Waals surface area contributed by atoms with Crippen LogP contribution in [0, 0.1) is 0 Å². The third kappa shape index (κ3) is 4.00. The second-order valence-corrected chi connectivity index (χ2v) is 3.94. The molecule has 1 aliphatic rings. The first kappa shape index (κ1) is 12.2. The summed E-state index contributed by atoms with van der Waals surface area (Å²) >= 11 is 0. The van der Waals surface area contributed by atoms with Gasteiger partial charge in [-0.3, -0.25) is 9.69 Å². The lowest BCUT2D eigenvalue weighted by molar-refractivity contribution is -0.122. The van der Waals surface area contributed by atoms with Crippen molar-refractivity contribution in [3.63, 3.8) is 0 Å². The molecule has 1 rings (SSSR count). The molecule has 0 aliphatic carbocycles.